The van der Waals surface area contributed by atoms with E-state index < -0.39 is 4.92 Å². The number of rotatable bonds is 6. The highest BCUT2D eigenvalue weighted by molar-refractivity contribution is 5.94. The minimum Gasteiger partial charge on any atom is -0.350 e. The van der Waals surface area contributed by atoms with Crippen LogP contribution < -0.4 is 10.9 Å². The van der Waals surface area contributed by atoms with Crippen molar-refractivity contribution in [2.75, 3.05) is 6.54 Å². The molecule has 8 heteroatoms. The first kappa shape index (κ1) is 17.8. The second-order valence-electron chi connectivity index (χ2n) is 6.39. The standard InChI is InChI=1S/C18H20N4O4/c23-17-11-16(13-3-1-2-4-13)20-12-21(17)10-9-19-18(24)14-5-7-15(8-6-14)22(25)26/h5-8,11-13H,1-4,9-10H2,(H,19,24). The van der Waals surface area contributed by atoms with Crippen LogP contribution in [0.25, 0.3) is 0 Å². The third-order valence-electron chi connectivity index (χ3n) is 4.65. The Hall–Kier alpha value is -3.03. The summed E-state index contributed by atoms with van der Waals surface area (Å²) >= 11 is 0. The molecule has 26 heavy (non-hydrogen) atoms. The average molecular weight is 356 g/mol. The molecule has 1 amide bonds. The van der Waals surface area contributed by atoms with Crippen LogP contribution in [0.1, 0.15) is 47.7 Å². The minimum absolute atomic E-state index is 0.0680. The largest absolute Gasteiger partial charge is 0.350 e. The maximum absolute atomic E-state index is 12.2. The smallest absolute Gasteiger partial charge is 0.269 e. The summed E-state index contributed by atoms with van der Waals surface area (Å²) in [7, 11) is 0. The van der Waals surface area contributed by atoms with Crippen LogP contribution in [0.2, 0.25) is 0 Å². The minimum atomic E-state index is -0.518. The van der Waals surface area contributed by atoms with Crippen molar-refractivity contribution in [2.45, 2.75) is 38.1 Å². The van der Waals surface area contributed by atoms with Crippen molar-refractivity contribution in [3.63, 3.8) is 0 Å². The number of nitro groups is 1. The van der Waals surface area contributed by atoms with Crippen molar-refractivity contribution in [2.24, 2.45) is 0 Å². The molecule has 8 nitrogen and oxygen atoms in total. The van der Waals surface area contributed by atoms with Gasteiger partial charge in [-0.25, -0.2) is 4.98 Å². The van der Waals surface area contributed by atoms with Gasteiger partial charge < -0.3 is 5.32 Å². The van der Waals surface area contributed by atoms with Crippen LogP contribution in [0, 0.1) is 10.1 Å². The molecule has 1 heterocycles. The lowest BCUT2D eigenvalue weighted by Crippen LogP contribution is -2.31. The SMILES string of the molecule is O=C(NCCn1cnc(C2CCCC2)cc1=O)c1ccc([N+](=O)[O-])cc1. The van der Waals surface area contributed by atoms with E-state index in [2.05, 4.69) is 10.3 Å². The van der Waals surface area contributed by atoms with Crippen molar-refractivity contribution in [3.05, 3.63) is 68.4 Å². The molecule has 0 aliphatic heterocycles. The molecule has 0 bridgehead atoms. The Morgan fingerprint density at radius 3 is 2.58 bits per heavy atom. The van der Waals surface area contributed by atoms with Crippen LogP contribution >= 0.6 is 0 Å². The molecule has 0 radical (unpaired) electrons. The number of nitro benzene ring substituents is 1. The number of nitrogens with one attached hydrogen (secondary N) is 1. The Morgan fingerprint density at radius 1 is 1.27 bits per heavy atom. The summed E-state index contributed by atoms with van der Waals surface area (Å²) in [6, 6.07) is 6.96. The summed E-state index contributed by atoms with van der Waals surface area (Å²) in [5, 5.41) is 13.3. The fraction of sp³-hybridized carbons (Fsp3) is 0.389. The monoisotopic (exact) mass is 356 g/mol. The predicted octanol–water partition coefficient (Wildman–Crippen LogP) is 2.24. The van der Waals surface area contributed by atoms with Gasteiger partial charge in [0.05, 0.1) is 16.9 Å². The third-order valence-corrected chi connectivity index (χ3v) is 4.65. The van der Waals surface area contributed by atoms with E-state index in [1.165, 1.54) is 48.0 Å². The molecule has 0 saturated heterocycles. The molecule has 1 fully saturated rings. The highest BCUT2D eigenvalue weighted by atomic mass is 16.6. The first-order valence-corrected chi connectivity index (χ1v) is 8.63. The van der Waals surface area contributed by atoms with E-state index in [1.807, 2.05) is 0 Å². The summed E-state index contributed by atoms with van der Waals surface area (Å²) in [6.45, 7) is 0.579. The molecule has 0 atom stereocenters. The normalized spacial score (nSPS) is 14.3. The number of carbonyl (C=O) groups excluding carboxylic acids is 1. The van der Waals surface area contributed by atoms with Gasteiger partial charge in [-0.2, -0.15) is 0 Å². The molecule has 0 spiro atoms. The molecule has 2 aromatic rings. The molecule has 1 aromatic heterocycles. The summed E-state index contributed by atoms with van der Waals surface area (Å²) < 4.78 is 1.47. The lowest BCUT2D eigenvalue weighted by atomic mass is 10.0. The van der Waals surface area contributed by atoms with E-state index in [9.17, 15) is 19.7 Å². The first-order chi connectivity index (χ1) is 12.5. The number of hydrogen-bond donors (Lipinski definition) is 1. The summed E-state index contributed by atoms with van der Waals surface area (Å²) in [5.41, 5.74) is 1.00. The van der Waals surface area contributed by atoms with Crippen molar-refractivity contribution in [3.8, 4) is 0 Å². The van der Waals surface area contributed by atoms with E-state index >= 15 is 0 Å². The Bertz CT molecular complexity index is 854. The van der Waals surface area contributed by atoms with Crippen LogP contribution in [-0.2, 0) is 6.54 Å². The molecular formula is C18H20N4O4. The first-order valence-electron chi connectivity index (χ1n) is 8.63. The summed E-state index contributed by atoms with van der Waals surface area (Å²) in [4.78, 5) is 38.7. The van der Waals surface area contributed by atoms with Gasteiger partial charge in [0.2, 0.25) is 0 Å². The molecule has 1 aromatic carbocycles. The third kappa shape index (κ3) is 4.14. The van der Waals surface area contributed by atoms with Crippen molar-refractivity contribution >= 4 is 11.6 Å². The van der Waals surface area contributed by atoms with E-state index in [1.54, 1.807) is 6.07 Å². The fourth-order valence-electron chi connectivity index (χ4n) is 3.18. The van der Waals surface area contributed by atoms with Gasteiger partial charge in [-0.1, -0.05) is 12.8 Å². The predicted molar refractivity (Wildman–Crippen MR) is 95.1 cm³/mol. The number of carbonyl (C=O) groups is 1. The van der Waals surface area contributed by atoms with Crippen LogP contribution in [0.5, 0.6) is 0 Å². The summed E-state index contributed by atoms with van der Waals surface area (Å²) in [6.07, 6.45) is 6.08. The highest BCUT2D eigenvalue weighted by Crippen LogP contribution is 2.32. The molecule has 1 N–H and O–H groups in total. The van der Waals surface area contributed by atoms with Gasteiger partial charge in [0.25, 0.3) is 17.2 Å². The van der Waals surface area contributed by atoms with E-state index in [-0.39, 0.29) is 23.7 Å². The van der Waals surface area contributed by atoms with Gasteiger partial charge in [0, 0.05) is 42.8 Å². The van der Waals surface area contributed by atoms with E-state index in [0.29, 0.717) is 18.0 Å². The van der Waals surface area contributed by atoms with Crippen LogP contribution in [-0.4, -0.2) is 26.9 Å². The molecular weight excluding hydrogens is 336 g/mol. The van der Waals surface area contributed by atoms with Gasteiger partial charge in [-0.15, -0.1) is 0 Å². The number of nitrogens with zero attached hydrogens (tertiary/aromatic N) is 3. The molecule has 1 aliphatic rings. The van der Waals surface area contributed by atoms with E-state index in [4.69, 9.17) is 0 Å². The van der Waals surface area contributed by atoms with Gasteiger partial charge >= 0.3 is 0 Å². The average Bonchev–Trinajstić information content (AvgIpc) is 3.17. The molecule has 136 valence electrons. The Balaban J connectivity index is 1.54. The molecule has 0 unspecified atom stereocenters. The Kier molecular flexibility index (Phi) is 5.40. The van der Waals surface area contributed by atoms with Crippen LogP contribution in [0.4, 0.5) is 5.69 Å². The Labute approximate surface area is 150 Å². The lowest BCUT2D eigenvalue weighted by molar-refractivity contribution is -0.384. The topological polar surface area (TPSA) is 107 Å². The van der Waals surface area contributed by atoms with Crippen LogP contribution in [0.15, 0.2) is 41.5 Å². The van der Waals surface area contributed by atoms with Gasteiger partial charge in [0.15, 0.2) is 0 Å². The number of amides is 1. The van der Waals surface area contributed by atoms with Crippen molar-refractivity contribution in [1.82, 2.24) is 14.9 Å². The Morgan fingerprint density at radius 2 is 1.96 bits per heavy atom. The number of non-ortho nitro benzene ring substituents is 1. The number of aromatic nitrogens is 2. The molecule has 3 rings (SSSR count). The summed E-state index contributed by atoms with van der Waals surface area (Å²) in [5.74, 6) is 0.0441. The van der Waals surface area contributed by atoms with E-state index in [0.717, 1.165) is 18.5 Å². The van der Waals surface area contributed by atoms with Crippen LogP contribution in [0.3, 0.4) is 0 Å². The van der Waals surface area contributed by atoms with Crippen molar-refractivity contribution in [1.29, 1.82) is 0 Å². The van der Waals surface area contributed by atoms with Gasteiger partial charge in [0.1, 0.15) is 0 Å². The highest BCUT2D eigenvalue weighted by Gasteiger charge is 2.19. The zero-order chi connectivity index (χ0) is 18.5. The number of benzene rings is 1. The number of hydrogen-bond acceptors (Lipinski definition) is 5. The zero-order valence-corrected chi connectivity index (χ0v) is 14.3. The molecule has 1 aliphatic carbocycles. The molecule has 1 saturated carbocycles. The quantitative estimate of drug-likeness (QED) is 0.631. The van der Waals surface area contributed by atoms with Gasteiger partial charge in [-0.05, 0) is 25.0 Å². The van der Waals surface area contributed by atoms with Crippen molar-refractivity contribution < 1.29 is 9.72 Å². The zero-order valence-electron chi connectivity index (χ0n) is 14.3. The fourth-order valence-corrected chi connectivity index (χ4v) is 3.18. The maximum atomic E-state index is 12.2. The lowest BCUT2D eigenvalue weighted by Gasteiger charge is -2.11. The maximum Gasteiger partial charge on any atom is 0.269 e. The second-order valence-corrected chi connectivity index (χ2v) is 6.39. The second kappa shape index (κ2) is 7.90. The van der Waals surface area contributed by atoms with Gasteiger partial charge in [-0.3, -0.25) is 24.3 Å².